The minimum atomic E-state index is -0.242. The Bertz CT molecular complexity index is 381. The van der Waals surface area contributed by atoms with Gasteiger partial charge in [-0.2, -0.15) is 5.26 Å². The third-order valence-electron chi connectivity index (χ3n) is 1.75. The van der Waals surface area contributed by atoms with Crippen LogP contribution in [0.15, 0.2) is 24.3 Å². The highest BCUT2D eigenvalue weighted by atomic mass is 16.5. The highest BCUT2D eigenvalue weighted by Gasteiger charge is 1.99. The first-order chi connectivity index (χ1) is 7.76. The molecule has 0 aromatic heterocycles. The van der Waals surface area contributed by atoms with Crippen molar-refractivity contribution >= 4 is 11.7 Å². The van der Waals surface area contributed by atoms with E-state index >= 15 is 0 Å². The van der Waals surface area contributed by atoms with E-state index in [-0.39, 0.29) is 12.6 Å². The third kappa shape index (κ3) is 3.88. The number of ether oxygens (including phenoxy) is 1. The fraction of sp³-hybridized carbons (Fsp3) is 0.273. The molecule has 0 fully saturated rings. The van der Waals surface area contributed by atoms with Gasteiger partial charge in [0.15, 0.2) is 6.61 Å². The minimum absolute atomic E-state index is 0.0170. The monoisotopic (exact) mass is 219 g/mol. The number of nitriles is 1. The molecule has 84 valence electrons. The van der Waals surface area contributed by atoms with E-state index in [1.54, 1.807) is 24.3 Å². The first-order valence-corrected chi connectivity index (χ1v) is 4.91. The number of urea groups is 1. The normalized spacial score (nSPS) is 9.00. The molecule has 2 amide bonds. The van der Waals surface area contributed by atoms with Gasteiger partial charge in [-0.05, 0) is 31.2 Å². The highest BCUT2D eigenvalue weighted by molar-refractivity contribution is 5.89. The molecule has 0 saturated heterocycles. The predicted octanol–water partition coefficient (Wildman–Crippen LogP) is 1.73. The van der Waals surface area contributed by atoms with Gasteiger partial charge >= 0.3 is 6.03 Å². The quantitative estimate of drug-likeness (QED) is 0.809. The van der Waals surface area contributed by atoms with Crippen LogP contribution in [-0.4, -0.2) is 19.2 Å². The van der Waals surface area contributed by atoms with Crippen molar-refractivity contribution in [2.24, 2.45) is 0 Å². The van der Waals surface area contributed by atoms with Crippen LogP contribution >= 0.6 is 0 Å². The number of rotatable bonds is 4. The molecule has 0 aliphatic carbocycles. The molecule has 1 rings (SSSR count). The summed E-state index contributed by atoms with van der Waals surface area (Å²) in [6.45, 7) is 2.44. The van der Waals surface area contributed by atoms with Crippen LogP contribution in [0.25, 0.3) is 0 Å². The van der Waals surface area contributed by atoms with Gasteiger partial charge < -0.3 is 15.4 Å². The zero-order chi connectivity index (χ0) is 11.8. The molecule has 1 aromatic carbocycles. The van der Waals surface area contributed by atoms with E-state index in [4.69, 9.17) is 10.00 Å². The van der Waals surface area contributed by atoms with Crippen molar-refractivity contribution in [3.8, 4) is 11.8 Å². The van der Waals surface area contributed by atoms with Gasteiger partial charge in [-0.1, -0.05) is 0 Å². The molecule has 5 nitrogen and oxygen atoms in total. The van der Waals surface area contributed by atoms with Crippen molar-refractivity contribution in [3.05, 3.63) is 24.3 Å². The van der Waals surface area contributed by atoms with E-state index in [0.717, 1.165) is 0 Å². The zero-order valence-corrected chi connectivity index (χ0v) is 8.99. The maximum Gasteiger partial charge on any atom is 0.319 e. The average molecular weight is 219 g/mol. The lowest BCUT2D eigenvalue weighted by Crippen LogP contribution is -2.28. The van der Waals surface area contributed by atoms with Crippen LogP contribution in [0.1, 0.15) is 6.92 Å². The summed E-state index contributed by atoms with van der Waals surface area (Å²) in [5.41, 5.74) is 0.676. The Hall–Kier alpha value is -2.22. The molecule has 0 saturated carbocycles. The van der Waals surface area contributed by atoms with Crippen LogP contribution < -0.4 is 15.4 Å². The molecule has 0 unspecified atom stereocenters. The molecule has 0 bridgehead atoms. The van der Waals surface area contributed by atoms with Crippen molar-refractivity contribution < 1.29 is 9.53 Å². The molecule has 0 radical (unpaired) electrons. The molecule has 0 atom stereocenters. The molecular formula is C11H13N3O2. The molecule has 2 N–H and O–H groups in total. The van der Waals surface area contributed by atoms with Crippen LogP contribution in [0, 0.1) is 11.3 Å². The number of nitrogens with zero attached hydrogens (tertiary/aromatic N) is 1. The lowest BCUT2D eigenvalue weighted by molar-refractivity contribution is 0.252. The van der Waals surface area contributed by atoms with Gasteiger partial charge in [0.05, 0.1) is 0 Å². The Balaban J connectivity index is 2.51. The molecular weight excluding hydrogens is 206 g/mol. The van der Waals surface area contributed by atoms with Gasteiger partial charge in [-0.25, -0.2) is 4.79 Å². The smallest absolute Gasteiger partial charge is 0.319 e. The third-order valence-corrected chi connectivity index (χ3v) is 1.75. The summed E-state index contributed by atoms with van der Waals surface area (Å²) in [5, 5.41) is 13.6. The topological polar surface area (TPSA) is 74.2 Å². The SMILES string of the molecule is CCNC(=O)Nc1ccc(OCC#N)cc1. The molecule has 0 spiro atoms. The molecule has 5 heteroatoms. The van der Waals surface area contributed by atoms with Crippen molar-refractivity contribution in [1.82, 2.24) is 5.32 Å². The van der Waals surface area contributed by atoms with Crippen molar-refractivity contribution in [1.29, 1.82) is 5.26 Å². The fourth-order valence-electron chi connectivity index (χ4n) is 1.09. The Kier molecular flexibility index (Phi) is 4.67. The second-order valence-electron chi connectivity index (χ2n) is 2.96. The lowest BCUT2D eigenvalue weighted by Gasteiger charge is -2.06. The minimum Gasteiger partial charge on any atom is -0.479 e. The first kappa shape index (κ1) is 11.9. The van der Waals surface area contributed by atoms with Crippen LogP contribution in [0.3, 0.4) is 0 Å². The van der Waals surface area contributed by atoms with Crippen LogP contribution in [0.4, 0.5) is 10.5 Å². The summed E-state index contributed by atoms with van der Waals surface area (Å²) < 4.78 is 5.07. The second-order valence-corrected chi connectivity index (χ2v) is 2.96. The molecule has 1 aromatic rings. The molecule has 16 heavy (non-hydrogen) atoms. The Morgan fingerprint density at radius 1 is 1.44 bits per heavy atom. The average Bonchev–Trinajstić information content (AvgIpc) is 2.28. The van der Waals surface area contributed by atoms with Gasteiger partial charge in [0, 0.05) is 12.2 Å². The van der Waals surface area contributed by atoms with Gasteiger partial charge in [0.25, 0.3) is 0 Å². The number of amides is 2. The fourth-order valence-corrected chi connectivity index (χ4v) is 1.09. The van der Waals surface area contributed by atoms with Gasteiger partial charge in [0.2, 0.25) is 0 Å². The summed E-state index contributed by atoms with van der Waals surface area (Å²) in [6.07, 6.45) is 0. The number of nitrogens with one attached hydrogen (secondary N) is 2. The van der Waals surface area contributed by atoms with E-state index in [2.05, 4.69) is 10.6 Å². The Morgan fingerprint density at radius 3 is 2.69 bits per heavy atom. The summed E-state index contributed by atoms with van der Waals surface area (Å²) in [7, 11) is 0. The van der Waals surface area contributed by atoms with Crippen molar-refractivity contribution in [2.75, 3.05) is 18.5 Å². The van der Waals surface area contributed by atoms with Gasteiger partial charge in [-0.3, -0.25) is 0 Å². The molecule has 0 aliphatic heterocycles. The summed E-state index contributed by atoms with van der Waals surface area (Å²) in [5.74, 6) is 0.600. The summed E-state index contributed by atoms with van der Waals surface area (Å²) in [4.78, 5) is 11.2. The number of carbonyl (C=O) groups is 1. The number of anilines is 1. The highest BCUT2D eigenvalue weighted by Crippen LogP contribution is 2.15. The van der Waals surface area contributed by atoms with E-state index in [0.29, 0.717) is 18.0 Å². The van der Waals surface area contributed by atoms with E-state index < -0.39 is 0 Å². The van der Waals surface area contributed by atoms with Crippen LogP contribution in [-0.2, 0) is 0 Å². The zero-order valence-electron chi connectivity index (χ0n) is 8.99. The summed E-state index contributed by atoms with van der Waals surface area (Å²) in [6, 6.07) is 8.44. The maximum atomic E-state index is 11.2. The number of hydrogen-bond donors (Lipinski definition) is 2. The van der Waals surface area contributed by atoms with E-state index in [1.807, 2.05) is 13.0 Å². The largest absolute Gasteiger partial charge is 0.479 e. The molecule has 0 aliphatic rings. The van der Waals surface area contributed by atoms with Crippen molar-refractivity contribution in [3.63, 3.8) is 0 Å². The maximum absolute atomic E-state index is 11.2. The first-order valence-electron chi connectivity index (χ1n) is 4.91. The van der Waals surface area contributed by atoms with Crippen molar-refractivity contribution in [2.45, 2.75) is 6.92 Å². The Morgan fingerprint density at radius 2 is 2.12 bits per heavy atom. The van der Waals surface area contributed by atoms with Gasteiger partial charge in [0.1, 0.15) is 11.8 Å². The number of carbonyl (C=O) groups excluding carboxylic acids is 1. The van der Waals surface area contributed by atoms with Crippen LogP contribution in [0.2, 0.25) is 0 Å². The molecule has 0 heterocycles. The van der Waals surface area contributed by atoms with Gasteiger partial charge in [-0.15, -0.1) is 0 Å². The lowest BCUT2D eigenvalue weighted by atomic mass is 10.3. The van der Waals surface area contributed by atoms with Crippen LogP contribution in [0.5, 0.6) is 5.75 Å². The number of hydrogen-bond acceptors (Lipinski definition) is 3. The van der Waals surface area contributed by atoms with E-state index in [1.165, 1.54) is 0 Å². The standard InChI is InChI=1S/C11H13N3O2/c1-2-13-11(15)14-9-3-5-10(6-4-9)16-8-7-12/h3-6H,2,8H2,1H3,(H2,13,14,15). The summed E-state index contributed by atoms with van der Waals surface area (Å²) >= 11 is 0. The second kappa shape index (κ2) is 6.30. The van der Waals surface area contributed by atoms with E-state index in [9.17, 15) is 4.79 Å². The number of benzene rings is 1. The Labute approximate surface area is 94.0 Å². The predicted molar refractivity (Wildman–Crippen MR) is 60.2 cm³/mol.